The molecule has 0 aliphatic heterocycles. The van der Waals surface area contributed by atoms with Crippen molar-refractivity contribution in [1.82, 2.24) is 4.98 Å². The second-order valence-electron chi connectivity index (χ2n) is 4.28. The Bertz CT molecular complexity index is 620. The Balaban J connectivity index is 1.90. The van der Waals surface area contributed by atoms with Gasteiger partial charge in [0.15, 0.2) is 17.0 Å². The molecule has 0 bridgehead atoms. The van der Waals surface area contributed by atoms with Crippen LogP contribution in [0.4, 0.5) is 0 Å². The fourth-order valence-electron chi connectivity index (χ4n) is 1.57. The zero-order valence-corrected chi connectivity index (χ0v) is 12.8. The van der Waals surface area contributed by atoms with Gasteiger partial charge in [-0.3, -0.25) is 0 Å². The standard InChI is InChI=1S/C15H13Cl2NO3/c1-10(21-12-7-8-13(16)18-14(12)17)15(19)20-9-11-5-3-2-4-6-11/h2-8,10H,9H2,1H3. The van der Waals surface area contributed by atoms with Gasteiger partial charge in [0.05, 0.1) is 0 Å². The maximum absolute atomic E-state index is 11.9. The van der Waals surface area contributed by atoms with Gasteiger partial charge in [-0.15, -0.1) is 0 Å². The maximum Gasteiger partial charge on any atom is 0.347 e. The molecule has 0 spiro atoms. The number of halogens is 2. The molecule has 2 rings (SSSR count). The summed E-state index contributed by atoms with van der Waals surface area (Å²) >= 11 is 11.6. The van der Waals surface area contributed by atoms with Crippen LogP contribution >= 0.6 is 23.2 Å². The Kier molecular flexibility index (Phi) is 5.42. The molecule has 1 heterocycles. The summed E-state index contributed by atoms with van der Waals surface area (Å²) in [4.78, 5) is 15.7. The lowest BCUT2D eigenvalue weighted by atomic mass is 10.2. The average molecular weight is 326 g/mol. The summed E-state index contributed by atoms with van der Waals surface area (Å²) in [6.07, 6.45) is -0.797. The molecule has 0 aliphatic rings. The van der Waals surface area contributed by atoms with Gasteiger partial charge >= 0.3 is 5.97 Å². The van der Waals surface area contributed by atoms with Gasteiger partial charge in [0.25, 0.3) is 0 Å². The normalized spacial score (nSPS) is 11.8. The van der Waals surface area contributed by atoms with Crippen LogP contribution in [0.3, 0.4) is 0 Å². The topological polar surface area (TPSA) is 48.4 Å². The molecule has 0 N–H and O–H groups in total. The van der Waals surface area contributed by atoms with E-state index in [1.807, 2.05) is 30.3 Å². The first-order valence-corrected chi connectivity index (χ1v) is 7.01. The van der Waals surface area contributed by atoms with Gasteiger partial charge in [-0.05, 0) is 24.6 Å². The summed E-state index contributed by atoms with van der Waals surface area (Å²) in [5.74, 6) is -0.199. The lowest BCUT2D eigenvalue weighted by Gasteiger charge is -2.14. The van der Waals surface area contributed by atoms with Crippen LogP contribution < -0.4 is 4.74 Å². The molecule has 1 atom stereocenters. The lowest BCUT2D eigenvalue weighted by molar-refractivity contribution is -0.152. The summed E-state index contributed by atoms with van der Waals surface area (Å²) in [7, 11) is 0. The Morgan fingerprint density at radius 1 is 1.19 bits per heavy atom. The molecule has 0 fully saturated rings. The molecule has 0 saturated heterocycles. The number of rotatable bonds is 5. The van der Waals surface area contributed by atoms with E-state index < -0.39 is 12.1 Å². The van der Waals surface area contributed by atoms with Crippen molar-refractivity contribution in [3.05, 3.63) is 58.3 Å². The fraction of sp³-hybridized carbons (Fsp3) is 0.200. The molecule has 1 aromatic heterocycles. The van der Waals surface area contributed by atoms with Crippen LogP contribution in [0.2, 0.25) is 10.3 Å². The number of benzene rings is 1. The highest BCUT2D eigenvalue weighted by molar-refractivity contribution is 6.33. The van der Waals surface area contributed by atoms with E-state index in [1.165, 1.54) is 6.07 Å². The van der Waals surface area contributed by atoms with E-state index in [4.69, 9.17) is 32.7 Å². The molecule has 0 saturated carbocycles. The molecule has 0 amide bonds. The van der Waals surface area contributed by atoms with Crippen molar-refractivity contribution in [1.29, 1.82) is 0 Å². The highest BCUT2D eigenvalue weighted by atomic mass is 35.5. The van der Waals surface area contributed by atoms with Crippen molar-refractivity contribution < 1.29 is 14.3 Å². The van der Waals surface area contributed by atoms with E-state index in [2.05, 4.69) is 4.98 Å². The van der Waals surface area contributed by atoms with Crippen LogP contribution in [-0.4, -0.2) is 17.1 Å². The molecule has 0 aliphatic carbocycles. The van der Waals surface area contributed by atoms with Crippen molar-refractivity contribution in [3.63, 3.8) is 0 Å². The minimum Gasteiger partial charge on any atom is -0.476 e. The fourth-order valence-corrected chi connectivity index (χ4v) is 1.96. The summed E-state index contributed by atoms with van der Waals surface area (Å²) in [5.41, 5.74) is 0.907. The van der Waals surface area contributed by atoms with Gasteiger partial charge in [0, 0.05) is 0 Å². The molecule has 2 aromatic rings. The van der Waals surface area contributed by atoms with Crippen LogP contribution in [0.25, 0.3) is 0 Å². The van der Waals surface area contributed by atoms with Gasteiger partial charge in [0.2, 0.25) is 0 Å². The summed E-state index contributed by atoms with van der Waals surface area (Å²) in [5, 5.41) is 0.358. The third-order valence-electron chi connectivity index (χ3n) is 2.64. The summed E-state index contributed by atoms with van der Waals surface area (Å²) < 4.78 is 10.6. The van der Waals surface area contributed by atoms with Crippen LogP contribution in [0.1, 0.15) is 12.5 Å². The number of ether oxygens (including phenoxy) is 2. The Morgan fingerprint density at radius 2 is 1.90 bits per heavy atom. The zero-order valence-electron chi connectivity index (χ0n) is 11.3. The predicted octanol–water partition coefficient (Wildman–Crippen LogP) is 3.90. The van der Waals surface area contributed by atoms with Crippen molar-refractivity contribution in [2.45, 2.75) is 19.6 Å². The van der Waals surface area contributed by atoms with Crippen molar-refractivity contribution in [2.24, 2.45) is 0 Å². The number of carbonyl (C=O) groups excluding carboxylic acids is 1. The number of carbonyl (C=O) groups is 1. The highest BCUT2D eigenvalue weighted by Gasteiger charge is 2.18. The number of esters is 1. The smallest absolute Gasteiger partial charge is 0.347 e. The summed E-state index contributed by atoms with van der Waals surface area (Å²) in [6.45, 7) is 1.78. The molecular formula is C15H13Cl2NO3. The van der Waals surface area contributed by atoms with E-state index in [-0.39, 0.29) is 22.7 Å². The van der Waals surface area contributed by atoms with Crippen molar-refractivity contribution in [2.75, 3.05) is 0 Å². The van der Waals surface area contributed by atoms with E-state index in [9.17, 15) is 4.79 Å². The van der Waals surface area contributed by atoms with Gasteiger partial charge in [-0.2, -0.15) is 0 Å². The number of hydrogen-bond acceptors (Lipinski definition) is 4. The van der Waals surface area contributed by atoms with Gasteiger partial charge in [0.1, 0.15) is 11.8 Å². The number of nitrogens with zero attached hydrogens (tertiary/aromatic N) is 1. The molecule has 4 nitrogen and oxygen atoms in total. The molecular weight excluding hydrogens is 313 g/mol. The van der Waals surface area contributed by atoms with Crippen LogP contribution in [0, 0.1) is 0 Å². The van der Waals surface area contributed by atoms with Gasteiger partial charge in [-0.1, -0.05) is 53.5 Å². The monoisotopic (exact) mass is 325 g/mol. The van der Waals surface area contributed by atoms with E-state index >= 15 is 0 Å². The SMILES string of the molecule is CC(Oc1ccc(Cl)nc1Cl)C(=O)OCc1ccccc1. The average Bonchev–Trinajstić information content (AvgIpc) is 2.48. The third kappa shape index (κ3) is 4.62. The predicted molar refractivity (Wildman–Crippen MR) is 80.6 cm³/mol. The van der Waals surface area contributed by atoms with Gasteiger partial charge < -0.3 is 9.47 Å². The number of aromatic nitrogens is 1. The minimum atomic E-state index is -0.797. The Hall–Kier alpha value is -1.78. The first kappa shape index (κ1) is 15.6. The lowest BCUT2D eigenvalue weighted by Crippen LogP contribution is -2.26. The molecule has 6 heteroatoms. The van der Waals surface area contributed by atoms with Crippen LogP contribution in [0.5, 0.6) is 5.75 Å². The van der Waals surface area contributed by atoms with E-state index in [0.29, 0.717) is 0 Å². The van der Waals surface area contributed by atoms with E-state index in [0.717, 1.165) is 5.56 Å². The molecule has 0 radical (unpaired) electrons. The molecule has 1 aromatic carbocycles. The Labute approximate surface area is 132 Å². The first-order valence-electron chi connectivity index (χ1n) is 6.25. The van der Waals surface area contributed by atoms with Crippen molar-refractivity contribution in [3.8, 4) is 5.75 Å². The molecule has 1 unspecified atom stereocenters. The Morgan fingerprint density at radius 3 is 2.57 bits per heavy atom. The number of pyridine rings is 1. The minimum absolute atomic E-state index is 0.102. The highest BCUT2D eigenvalue weighted by Crippen LogP contribution is 2.25. The van der Waals surface area contributed by atoms with Crippen molar-refractivity contribution >= 4 is 29.2 Å². The largest absolute Gasteiger partial charge is 0.476 e. The molecule has 21 heavy (non-hydrogen) atoms. The quantitative estimate of drug-likeness (QED) is 0.618. The second-order valence-corrected chi connectivity index (χ2v) is 5.02. The third-order valence-corrected chi connectivity index (χ3v) is 3.12. The van der Waals surface area contributed by atoms with E-state index in [1.54, 1.807) is 13.0 Å². The maximum atomic E-state index is 11.9. The summed E-state index contributed by atoms with van der Waals surface area (Å²) in [6, 6.07) is 12.5. The van der Waals surface area contributed by atoms with Gasteiger partial charge in [-0.25, -0.2) is 9.78 Å². The number of hydrogen-bond donors (Lipinski definition) is 0. The second kappa shape index (κ2) is 7.29. The zero-order chi connectivity index (χ0) is 15.2. The van der Waals surface area contributed by atoms with Crippen LogP contribution in [-0.2, 0) is 16.1 Å². The first-order chi connectivity index (χ1) is 10.1. The van der Waals surface area contributed by atoms with Crippen LogP contribution in [0.15, 0.2) is 42.5 Å². The molecule has 110 valence electrons.